The molecular weight excluding hydrogens is 534 g/mol. The smallest absolute Gasteiger partial charge is 0.336 e. The number of rotatable bonds is 4. The van der Waals surface area contributed by atoms with E-state index < -0.39 is 29.0 Å². The summed E-state index contributed by atoms with van der Waals surface area (Å²) in [6.45, 7) is 2.56. The normalized spacial score (nSPS) is 11.6. The summed E-state index contributed by atoms with van der Waals surface area (Å²) in [5.41, 5.74) is -1.63. The minimum Gasteiger partial charge on any atom is -0.481 e. The van der Waals surface area contributed by atoms with Crippen LogP contribution in [0.3, 0.4) is 0 Å². The van der Waals surface area contributed by atoms with Crippen LogP contribution >= 0.6 is 0 Å². The zero-order valence-electron chi connectivity index (χ0n) is 23.4. The Morgan fingerprint density at radius 2 is 0.881 bits per heavy atom. The number of carboxylic acids is 3. The summed E-state index contributed by atoms with van der Waals surface area (Å²) in [6.07, 6.45) is 0. The second-order valence-corrected chi connectivity index (χ2v) is 9.82. The van der Waals surface area contributed by atoms with Gasteiger partial charge in [-0.25, -0.2) is 14.4 Å². The fourth-order valence-corrected chi connectivity index (χ4v) is 5.95. The first-order valence-electron chi connectivity index (χ1n) is 13.0. The van der Waals surface area contributed by atoms with Crippen molar-refractivity contribution in [3.05, 3.63) is 106 Å². The van der Waals surface area contributed by atoms with Crippen molar-refractivity contribution in [2.45, 2.75) is 13.8 Å². The number of ether oxygens (including phenoxy) is 1. The van der Waals surface area contributed by atoms with Gasteiger partial charge in [0.15, 0.2) is 0 Å². The molecule has 0 aliphatic rings. The van der Waals surface area contributed by atoms with Gasteiger partial charge in [-0.2, -0.15) is 0 Å². The SMILES string of the molecule is CN=C(OC)c1c(C)c(C(=O)O)c(C(=O)O)c(C)c1C(=O)O.c1cc2cccc3c4cccc5cccc(c(c1)c23)c54. The summed E-state index contributed by atoms with van der Waals surface area (Å²) in [4.78, 5) is 38.1. The summed E-state index contributed by atoms with van der Waals surface area (Å²) < 4.78 is 4.99. The first kappa shape index (κ1) is 28.0. The van der Waals surface area contributed by atoms with Gasteiger partial charge in [-0.3, -0.25) is 4.99 Å². The van der Waals surface area contributed by atoms with Gasteiger partial charge in [-0.15, -0.1) is 0 Å². The van der Waals surface area contributed by atoms with Crippen LogP contribution in [0.5, 0.6) is 0 Å². The number of benzene rings is 6. The maximum absolute atomic E-state index is 11.5. The van der Waals surface area contributed by atoms with Crippen molar-refractivity contribution >= 4 is 66.9 Å². The van der Waals surface area contributed by atoms with Gasteiger partial charge in [0, 0.05) is 7.05 Å². The molecule has 6 rings (SSSR count). The topological polar surface area (TPSA) is 133 Å². The van der Waals surface area contributed by atoms with Gasteiger partial charge in [-0.1, -0.05) is 72.8 Å². The van der Waals surface area contributed by atoms with Gasteiger partial charge in [-0.05, 0) is 68.1 Å². The molecule has 0 aliphatic carbocycles. The van der Waals surface area contributed by atoms with Crippen LogP contribution in [-0.4, -0.2) is 53.3 Å². The Kier molecular flexibility index (Phi) is 7.22. The van der Waals surface area contributed by atoms with Gasteiger partial charge < -0.3 is 20.1 Å². The molecule has 0 unspecified atom stereocenters. The first-order valence-corrected chi connectivity index (χ1v) is 13.0. The van der Waals surface area contributed by atoms with Crippen molar-refractivity contribution in [1.29, 1.82) is 0 Å². The molecule has 6 aromatic carbocycles. The molecule has 8 nitrogen and oxygen atoms in total. The van der Waals surface area contributed by atoms with Crippen LogP contribution < -0.4 is 0 Å². The minimum atomic E-state index is -1.51. The molecule has 0 bridgehead atoms. The molecule has 0 radical (unpaired) electrons. The highest BCUT2D eigenvalue weighted by atomic mass is 16.5. The molecule has 0 heterocycles. The van der Waals surface area contributed by atoms with Crippen molar-refractivity contribution in [2.75, 3.05) is 14.2 Å². The van der Waals surface area contributed by atoms with Crippen LogP contribution in [0, 0.1) is 13.8 Å². The quantitative estimate of drug-likeness (QED) is 0.0900. The third-order valence-electron chi connectivity index (χ3n) is 7.64. The van der Waals surface area contributed by atoms with E-state index >= 15 is 0 Å². The highest BCUT2D eigenvalue weighted by molar-refractivity contribution is 6.32. The second-order valence-electron chi connectivity index (χ2n) is 9.82. The van der Waals surface area contributed by atoms with Crippen LogP contribution in [-0.2, 0) is 4.74 Å². The third kappa shape index (κ3) is 4.34. The molecule has 8 heteroatoms. The summed E-state index contributed by atoms with van der Waals surface area (Å²) in [5.74, 6) is -4.46. The van der Waals surface area contributed by atoms with E-state index in [2.05, 4.69) is 77.8 Å². The Bertz CT molecular complexity index is 1920. The monoisotopic (exact) mass is 561 g/mol. The summed E-state index contributed by atoms with van der Waals surface area (Å²) >= 11 is 0. The van der Waals surface area contributed by atoms with Crippen LogP contribution in [0.15, 0.2) is 77.8 Å². The predicted octanol–water partition coefficient (Wildman–Crippen LogP) is 7.16. The molecule has 0 saturated heterocycles. The number of hydrogen-bond donors (Lipinski definition) is 3. The maximum Gasteiger partial charge on any atom is 0.336 e. The molecule has 6 aromatic rings. The molecule has 0 aromatic heterocycles. The van der Waals surface area contributed by atoms with Crippen molar-refractivity contribution in [2.24, 2.45) is 4.99 Å². The van der Waals surface area contributed by atoms with E-state index in [0.29, 0.717) is 0 Å². The Morgan fingerprint density at radius 3 is 1.17 bits per heavy atom. The van der Waals surface area contributed by atoms with E-state index in [9.17, 15) is 29.7 Å². The Balaban J connectivity index is 0.000000168. The molecule has 0 aliphatic heterocycles. The van der Waals surface area contributed by atoms with Crippen molar-refractivity contribution < 1.29 is 34.4 Å². The van der Waals surface area contributed by atoms with Gasteiger partial charge >= 0.3 is 17.9 Å². The fourth-order valence-electron chi connectivity index (χ4n) is 5.95. The Hall–Kier alpha value is -5.50. The molecule has 0 saturated carbocycles. The lowest BCUT2D eigenvalue weighted by Gasteiger charge is -2.18. The number of hydrogen-bond acceptors (Lipinski definition) is 5. The van der Waals surface area contributed by atoms with E-state index in [1.165, 1.54) is 71.1 Å². The highest BCUT2D eigenvalue weighted by Gasteiger charge is 2.31. The van der Waals surface area contributed by atoms with Crippen molar-refractivity contribution in [3.8, 4) is 0 Å². The zero-order chi connectivity index (χ0) is 30.3. The molecule has 0 spiro atoms. The lowest BCUT2D eigenvalue weighted by molar-refractivity contribution is 0.0647. The number of fused-ring (bicyclic) bond motifs is 2. The maximum atomic E-state index is 11.5. The van der Waals surface area contributed by atoms with Crippen molar-refractivity contribution in [3.63, 3.8) is 0 Å². The predicted molar refractivity (Wildman–Crippen MR) is 164 cm³/mol. The van der Waals surface area contributed by atoms with Crippen molar-refractivity contribution in [1.82, 2.24) is 0 Å². The van der Waals surface area contributed by atoms with Crippen LogP contribution in [0.2, 0.25) is 0 Å². The molecule has 0 atom stereocenters. The number of nitrogens with zero attached hydrogens (tertiary/aromatic N) is 1. The highest BCUT2D eigenvalue weighted by Crippen LogP contribution is 2.39. The Morgan fingerprint density at radius 1 is 0.571 bits per heavy atom. The number of aliphatic imine (C=N–C) groups is 1. The lowest BCUT2D eigenvalue weighted by Crippen LogP contribution is -2.22. The van der Waals surface area contributed by atoms with Gasteiger partial charge in [0.05, 0.1) is 29.4 Å². The van der Waals surface area contributed by atoms with Gasteiger partial charge in [0.1, 0.15) is 0 Å². The zero-order valence-corrected chi connectivity index (χ0v) is 23.4. The summed E-state index contributed by atoms with van der Waals surface area (Å²) in [6, 6.07) is 26.4. The summed E-state index contributed by atoms with van der Waals surface area (Å²) in [5, 5.41) is 38.8. The average molecular weight is 562 g/mol. The Labute approximate surface area is 240 Å². The second kappa shape index (κ2) is 10.8. The van der Waals surface area contributed by atoms with E-state index in [-0.39, 0.29) is 28.2 Å². The molecule has 0 fully saturated rings. The minimum absolute atomic E-state index is 0.0321. The van der Waals surface area contributed by atoms with Gasteiger partial charge in [0.25, 0.3) is 0 Å². The van der Waals surface area contributed by atoms with E-state index in [0.717, 1.165) is 0 Å². The standard InChI is InChI=1S/C20H12.C14H15NO7/c1-5-13-6-2-11-17-18-12-4-8-14-7-3-10-16(20(14)18)15(9-1)19(13)17;1-5-7(11(15-3)22-4)8(12(16)17)6(2)10(14(20)21)9(5)13(18)19/h1-12H;1-4H3,(H,16,17)(H,18,19)(H,20,21). The molecule has 210 valence electrons. The molecule has 42 heavy (non-hydrogen) atoms. The first-order chi connectivity index (χ1) is 20.1. The van der Waals surface area contributed by atoms with Gasteiger partial charge in [0.2, 0.25) is 5.90 Å². The van der Waals surface area contributed by atoms with E-state index in [1.807, 2.05) is 0 Å². The average Bonchev–Trinajstić information content (AvgIpc) is 2.97. The van der Waals surface area contributed by atoms with E-state index in [1.54, 1.807) is 0 Å². The number of methoxy groups -OCH3 is 1. The van der Waals surface area contributed by atoms with Crippen LogP contribution in [0.1, 0.15) is 47.8 Å². The van der Waals surface area contributed by atoms with Crippen LogP contribution in [0.4, 0.5) is 0 Å². The number of carbonyl (C=O) groups is 3. The molecule has 0 amide bonds. The number of aromatic carboxylic acids is 3. The number of carboxylic acid groups (broad SMARTS) is 3. The summed E-state index contributed by atoms with van der Waals surface area (Å²) in [7, 11) is 2.61. The molecular formula is C34H27NO7. The fraction of sp³-hybridized carbons (Fsp3) is 0.118. The lowest BCUT2D eigenvalue weighted by atomic mass is 9.87. The van der Waals surface area contributed by atoms with E-state index in [4.69, 9.17) is 4.74 Å². The largest absolute Gasteiger partial charge is 0.481 e. The third-order valence-corrected chi connectivity index (χ3v) is 7.64. The molecule has 3 N–H and O–H groups in total. The van der Waals surface area contributed by atoms with Crippen LogP contribution in [0.25, 0.3) is 43.1 Å².